The van der Waals surface area contributed by atoms with E-state index in [4.69, 9.17) is 0 Å². The predicted octanol–water partition coefficient (Wildman–Crippen LogP) is 1.66. The van der Waals surface area contributed by atoms with Gasteiger partial charge in [0.1, 0.15) is 5.82 Å². The minimum absolute atomic E-state index is 0.0737. The van der Waals surface area contributed by atoms with Crippen molar-refractivity contribution in [3.05, 3.63) is 35.6 Å². The molecule has 0 atom stereocenters. The second kappa shape index (κ2) is 5.97. The Morgan fingerprint density at radius 3 is 2.94 bits per heavy atom. The molecule has 0 spiro atoms. The van der Waals surface area contributed by atoms with Gasteiger partial charge in [0.05, 0.1) is 0 Å². The molecule has 0 aromatic heterocycles. The van der Waals surface area contributed by atoms with Crippen LogP contribution in [0.1, 0.15) is 12.0 Å². The van der Waals surface area contributed by atoms with E-state index in [1.165, 1.54) is 6.42 Å². The highest BCUT2D eigenvalue weighted by Crippen LogP contribution is 2.08. The molecule has 0 amide bonds. The second-order valence-electron chi connectivity index (χ2n) is 4.29. The highest BCUT2D eigenvalue weighted by molar-refractivity contribution is 5.17. The highest BCUT2D eigenvalue weighted by atomic mass is 19.1. The zero-order chi connectivity index (χ0) is 11.2. The van der Waals surface area contributed by atoms with Crippen molar-refractivity contribution in [2.75, 3.05) is 32.7 Å². The fraction of sp³-hybridized carbons (Fsp3) is 0.538. The molecule has 1 saturated heterocycles. The van der Waals surface area contributed by atoms with Gasteiger partial charge in [0.25, 0.3) is 0 Å². The smallest absolute Gasteiger partial charge is 0.126 e. The summed E-state index contributed by atoms with van der Waals surface area (Å²) in [7, 11) is 0. The molecule has 2 nitrogen and oxygen atoms in total. The largest absolute Gasteiger partial charge is 0.315 e. The molecule has 88 valence electrons. The average Bonchev–Trinajstić information content (AvgIpc) is 2.56. The van der Waals surface area contributed by atoms with Crippen LogP contribution in [0, 0.1) is 5.82 Å². The lowest BCUT2D eigenvalue weighted by Gasteiger charge is -2.19. The van der Waals surface area contributed by atoms with Gasteiger partial charge in [-0.1, -0.05) is 18.2 Å². The van der Waals surface area contributed by atoms with Gasteiger partial charge in [-0.25, -0.2) is 4.39 Å². The molecular formula is C13H19FN2. The summed E-state index contributed by atoms with van der Waals surface area (Å²) in [5, 5.41) is 3.37. The fourth-order valence-electron chi connectivity index (χ4n) is 2.10. The maximum Gasteiger partial charge on any atom is 0.126 e. The molecule has 2 rings (SSSR count). The van der Waals surface area contributed by atoms with E-state index >= 15 is 0 Å². The van der Waals surface area contributed by atoms with Crippen molar-refractivity contribution in [2.24, 2.45) is 0 Å². The Hall–Kier alpha value is -0.930. The Balaban J connectivity index is 1.84. The van der Waals surface area contributed by atoms with Crippen LogP contribution in [0.3, 0.4) is 0 Å². The van der Waals surface area contributed by atoms with Crippen molar-refractivity contribution in [3.63, 3.8) is 0 Å². The van der Waals surface area contributed by atoms with Crippen LogP contribution in [0.4, 0.5) is 4.39 Å². The molecule has 1 aliphatic heterocycles. The standard InChI is InChI=1S/C13H19FN2/c14-13-5-2-1-4-12(13)6-10-16-9-3-7-15-8-11-16/h1-2,4-5,15H,3,6-11H2. The Labute approximate surface area is 96.5 Å². The second-order valence-corrected chi connectivity index (χ2v) is 4.29. The van der Waals surface area contributed by atoms with Crippen LogP contribution >= 0.6 is 0 Å². The van der Waals surface area contributed by atoms with Gasteiger partial charge in [-0.2, -0.15) is 0 Å². The molecule has 3 heteroatoms. The third kappa shape index (κ3) is 3.29. The lowest BCUT2D eigenvalue weighted by atomic mass is 10.1. The van der Waals surface area contributed by atoms with E-state index in [1.54, 1.807) is 12.1 Å². The van der Waals surface area contributed by atoms with Gasteiger partial charge in [0.15, 0.2) is 0 Å². The number of hydrogen-bond donors (Lipinski definition) is 1. The molecule has 0 saturated carbocycles. The van der Waals surface area contributed by atoms with Crippen LogP contribution in [-0.2, 0) is 6.42 Å². The van der Waals surface area contributed by atoms with Gasteiger partial charge in [-0.15, -0.1) is 0 Å². The molecular weight excluding hydrogens is 203 g/mol. The first-order chi connectivity index (χ1) is 7.86. The van der Waals surface area contributed by atoms with Crippen LogP contribution in [-0.4, -0.2) is 37.6 Å². The fourth-order valence-corrected chi connectivity index (χ4v) is 2.10. The Morgan fingerprint density at radius 2 is 2.06 bits per heavy atom. The van der Waals surface area contributed by atoms with Crippen molar-refractivity contribution >= 4 is 0 Å². The Morgan fingerprint density at radius 1 is 1.19 bits per heavy atom. The van der Waals surface area contributed by atoms with Gasteiger partial charge < -0.3 is 10.2 Å². The molecule has 0 bridgehead atoms. The quantitative estimate of drug-likeness (QED) is 0.837. The maximum atomic E-state index is 13.4. The van der Waals surface area contributed by atoms with Crippen LogP contribution in [0.2, 0.25) is 0 Å². The highest BCUT2D eigenvalue weighted by Gasteiger charge is 2.09. The number of halogens is 1. The molecule has 1 aromatic carbocycles. The summed E-state index contributed by atoms with van der Waals surface area (Å²) < 4.78 is 13.4. The third-order valence-corrected chi connectivity index (χ3v) is 3.09. The lowest BCUT2D eigenvalue weighted by molar-refractivity contribution is 0.295. The van der Waals surface area contributed by atoms with E-state index in [1.807, 2.05) is 12.1 Å². The van der Waals surface area contributed by atoms with Crippen molar-refractivity contribution in [2.45, 2.75) is 12.8 Å². The summed E-state index contributed by atoms with van der Waals surface area (Å²) in [5.74, 6) is -0.0737. The van der Waals surface area contributed by atoms with E-state index < -0.39 is 0 Å². The van der Waals surface area contributed by atoms with E-state index in [0.29, 0.717) is 0 Å². The molecule has 1 N–H and O–H groups in total. The Kier molecular flexibility index (Phi) is 4.31. The molecule has 16 heavy (non-hydrogen) atoms. The summed E-state index contributed by atoms with van der Waals surface area (Å²) >= 11 is 0. The minimum atomic E-state index is -0.0737. The summed E-state index contributed by atoms with van der Waals surface area (Å²) in [6.07, 6.45) is 2.00. The van der Waals surface area contributed by atoms with Crippen LogP contribution in [0.15, 0.2) is 24.3 Å². The normalized spacial score (nSPS) is 18.3. The molecule has 0 aliphatic carbocycles. The zero-order valence-corrected chi connectivity index (χ0v) is 9.58. The van der Waals surface area contributed by atoms with Gasteiger partial charge >= 0.3 is 0 Å². The number of rotatable bonds is 3. The van der Waals surface area contributed by atoms with E-state index in [9.17, 15) is 4.39 Å². The SMILES string of the molecule is Fc1ccccc1CCN1CCCNCC1. The van der Waals surface area contributed by atoms with Crippen LogP contribution in [0.25, 0.3) is 0 Å². The summed E-state index contributed by atoms with van der Waals surface area (Å²) in [6, 6.07) is 7.07. The van der Waals surface area contributed by atoms with Gasteiger partial charge in [-0.3, -0.25) is 0 Å². The number of nitrogens with one attached hydrogen (secondary N) is 1. The summed E-state index contributed by atoms with van der Waals surface area (Å²) in [5.41, 5.74) is 0.833. The first-order valence-electron chi connectivity index (χ1n) is 6.03. The van der Waals surface area contributed by atoms with Gasteiger partial charge in [0, 0.05) is 19.6 Å². The predicted molar refractivity (Wildman–Crippen MR) is 64.0 cm³/mol. The maximum absolute atomic E-state index is 13.4. The molecule has 1 heterocycles. The number of benzene rings is 1. The zero-order valence-electron chi connectivity index (χ0n) is 9.58. The Bertz CT molecular complexity index is 319. The summed E-state index contributed by atoms with van der Waals surface area (Å²) in [4.78, 5) is 2.41. The van der Waals surface area contributed by atoms with Crippen molar-refractivity contribution in [3.8, 4) is 0 Å². The third-order valence-electron chi connectivity index (χ3n) is 3.09. The number of hydrogen-bond acceptors (Lipinski definition) is 2. The van der Waals surface area contributed by atoms with Crippen LogP contribution in [0.5, 0.6) is 0 Å². The molecule has 0 radical (unpaired) electrons. The first-order valence-corrected chi connectivity index (χ1v) is 6.03. The minimum Gasteiger partial charge on any atom is -0.315 e. The van der Waals surface area contributed by atoms with E-state index in [0.717, 1.165) is 44.7 Å². The van der Waals surface area contributed by atoms with Gasteiger partial charge in [-0.05, 0) is 37.6 Å². The number of nitrogens with zero attached hydrogens (tertiary/aromatic N) is 1. The van der Waals surface area contributed by atoms with Crippen molar-refractivity contribution in [1.29, 1.82) is 0 Å². The van der Waals surface area contributed by atoms with E-state index in [2.05, 4.69) is 10.2 Å². The monoisotopic (exact) mass is 222 g/mol. The van der Waals surface area contributed by atoms with Crippen molar-refractivity contribution in [1.82, 2.24) is 10.2 Å². The molecule has 1 fully saturated rings. The average molecular weight is 222 g/mol. The topological polar surface area (TPSA) is 15.3 Å². The van der Waals surface area contributed by atoms with Gasteiger partial charge in [0.2, 0.25) is 0 Å². The molecule has 1 aromatic rings. The van der Waals surface area contributed by atoms with Crippen molar-refractivity contribution < 1.29 is 4.39 Å². The first kappa shape index (κ1) is 11.6. The van der Waals surface area contributed by atoms with E-state index in [-0.39, 0.29) is 5.82 Å². The molecule has 0 unspecified atom stereocenters. The lowest BCUT2D eigenvalue weighted by Crippen LogP contribution is -2.30. The molecule has 1 aliphatic rings. The van der Waals surface area contributed by atoms with Crippen LogP contribution < -0.4 is 5.32 Å². The summed E-state index contributed by atoms with van der Waals surface area (Å²) in [6.45, 7) is 5.33.